The molecule has 0 radical (unpaired) electrons. The zero-order valence-electron chi connectivity index (χ0n) is 15.8. The maximum absolute atomic E-state index is 12.9. The number of carbonyl (C=O) groups is 2. The first-order valence-electron chi connectivity index (χ1n) is 9.33. The third-order valence-electron chi connectivity index (χ3n) is 5.24. The number of benzene rings is 1. The van der Waals surface area contributed by atoms with Crippen LogP contribution in [-0.4, -0.2) is 60.4 Å². The van der Waals surface area contributed by atoms with Gasteiger partial charge in [0, 0.05) is 43.8 Å². The maximum Gasteiger partial charge on any atom is 0.238 e. The van der Waals surface area contributed by atoms with Crippen molar-refractivity contribution in [3.8, 4) is 0 Å². The SMILES string of the molecule is Cl.Cl.NC1CCCC(C(=O)N2CCN(CC(=O)Nc3ccc(F)cc3)CC2)C1. The van der Waals surface area contributed by atoms with Crippen LogP contribution in [-0.2, 0) is 9.59 Å². The van der Waals surface area contributed by atoms with E-state index in [2.05, 4.69) is 5.32 Å². The molecule has 1 heterocycles. The number of nitrogens with one attached hydrogen (secondary N) is 1. The number of piperazine rings is 1. The van der Waals surface area contributed by atoms with Gasteiger partial charge in [0.25, 0.3) is 0 Å². The molecule has 1 aliphatic heterocycles. The molecule has 28 heavy (non-hydrogen) atoms. The van der Waals surface area contributed by atoms with Crippen molar-refractivity contribution in [2.45, 2.75) is 31.7 Å². The first-order chi connectivity index (χ1) is 12.5. The van der Waals surface area contributed by atoms with Gasteiger partial charge >= 0.3 is 0 Å². The second-order valence-electron chi connectivity index (χ2n) is 7.28. The average molecular weight is 435 g/mol. The van der Waals surface area contributed by atoms with Gasteiger partial charge in [0.15, 0.2) is 0 Å². The smallest absolute Gasteiger partial charge is 0.238 e. The molecule has 2 fully saturated rings. The molecule has 2 aliphatic rings. The van der Waals surface area contributed by atoms with Gasteiger partial charge < -0.3 is 16.0 Å². The van der Waals surface area contributed by atoms with Crippen LogP contribution in [0, 0.1) is 11.7 Å². The minimum absolute atomic E-state index is 0. The lowest BCUT2D eigenvalue weighted by molar-refractivity contribution is -0.138. The molecule has 0 bridgehead atoms. The molecule has 1 aliphatic carbocycles. The number of amides is 2. The molecule has 3 rings (SSSR count). The van der Waals surface area contributed by atoms with Crippen LogP contribution in [0.3, 0.4) is 0 Å². The van der Waals surface area contributed by atoms with Crippen molar-refractivity contribution >= 4 is 42.3 Å². The predicted octanol–water partition coefficient (Wildman–Crippen LogP) is 2.27. The normalized spacial score (nSPS) is 22.6. The van der Waals surface area contributed by atoms with Crippen LogP contribution in [0.4, 0.5) is 10.1 Å². The Kier molecular flexibility index (Phi) is 10.2. The van der Waals surface area contributed by atoms with Crippen molar-refractivity contribution in [1.82, 2.24) is 9.80 Å². The molecule has 3 N–H and O–H groups in total. The summed E-state index contributed by atoms with van der Waals surface area (Å²) in [7, 11) is 0. The van der Waals surface area contributed by atoms with Crippen molar-refractivity contribution < 1.29 is 14.0 Å². The highest BCUT2D eigenvalue weighted by Crippen LogP contribution is 2.25. The number of halogens is 3. The van der Waals surface area contributed by atoms with Crippen molar-refractivity contribution in [3.05, 3.63) is 30.1 Å². The third kappa shape index (κ3) is 6.88. The van der Waals surface area contributed by atoms with E-state index >= 15 is 0 Å². The number of nitrogens with two attached hydrogens (primary N) is 1. The standard InChI is InChI=1S/C19H27FN4O2.2ClH/c20-15-4-6-17(7-5-15)22-18(25)13-23-8-10-24(11-9-23)19(26)14-2-1-3-16(21)12-14;;/h4-7,14,16H,1-3,8-13,21H2,(H,22,25);2*1H. The van der Waals surface area contributed by atoms with Gasteiger partial charge in [0.2, 0.25) is 11.8 Å². The third-order valence-corrected chi connectivity index (χ3v) is 5.24. The summed E-state index contributed by atoms with van der Waals surface area (Å²) >= 11 is 0. The first-order valence-corrected chi connectivity index (χ1v) is 9.33. The Hall–Kier alpha value is -1.41. The fraction of sp³-hybridized carbons (Fsp3) is 0.579. The van der Waals surface area contributed by atoms with Crippen LogP contribution >= 0.6 is 24.8 Å². The van der Waals surface area contributed by atoms with Crippen LogP contribution in [0.5, 0.6) is 0 Å². The van der Waals surface area contributed by atoms with Gasteiger partial charge in [-0.2, -0.15) is 0 Å². The fourth-order valence-electron chi connectivity index (χ4n) is 3.77. The van der Waals surface area contributed by atoms with E-state index in [1.807, 2.05) is 9.80 Å². The monoisotopic (exact) mass is 434 g/mol. The molecular formula is C19H29Cl2FN4O2. The van der Waals surface area contributed by atoms with E-state index in [9.17, 15) is 14.0 Å². The Morgan fingerprint density at radius 1 is 1.07 bits per heavy atom. The Morgan fingerprint density at radius 2 is 1.71 bits per heavy atom. The van der Waals surface area contributed by atoms with Crippen LogP contribution in [0.1, 0.15) is 25.7 Å². The number of anilines is 1. The quantitative estimate of drug-likeness (QED) is 0.761. The summed E-state index contributed by atoms with van der Waals surface area (Å²) in [5.41, 5.74) is 6.58. The van der Waals surface area contributed by atoms with Crippen molar-refractivity contribution in [2.75, 3.05) is 38.0 Å². The van der Waals surface area contributed by atoms with Crippen molar-refractivity contribution in [1.29, 1.82) is 0 Å². The summed E-state index contributed by atoms with van der Waals surface area (Å²) in [6.45, 7) is 2.93. The maximum atomic E-state index is 12.9. The summed E-state index contributed by atoms with van der Waals surface area (Å²) in [5.74, 6) is -0.181. The number of rotatable bonds is 4. The predicted molar refractivity (Wildman–Crippen MR) is 112 cm³/mol. The second kappa shape index (κ2) is 11.6. The fourth-order valence-corrected chi connectivity index (χ4v) is 3.77. The summed E-state index contributed by atoms with van der Waals surface area (Å²) in [5, 5.41) is 2.77. The highest BCUT2D eigenvalue weighted by molar-refractivity contribution is 5.92. The Morgan fingerprint density at radius 3 is 2.32 bits per heavy atom. The summed E-state index contributed by atoms with van der Waals surface area (Å²) < 4.78 is 12.9. The lowest BCUT2D eigenvalue weighted by Crippen LogP contribution is -2.52. The largest absolute Gasteiger partial charge is 0.340 e. The van der Waals surface area contributed by atoms with E-state index in [4.69, 9.17) is 5.73 Å². The van der Waals surface area contributed by atoms with Crippen LogP contribution in [0.2, 0.25) is 0 Å². The Labute approximate surface area is 177 Å². The van der Waals surface area contributed by atoms with E-state index in [1.54, 1.807) is 12.1 Å². The average Bonchev–Trinajstić information content (AvgIpc) is 2.64. The second-order valence-corrected chi connectivity index (χ2v) is 7.28. The lowest BCUT2D eigenvalue weighted by atomic mass is 9.85. The molecule has 1 aromatic carbocycles. The van der Waals surface area contributed by atoms with Crippen LogP contribution in [0.15, 0.2) is 24.3 Å². The van der Waals surface area contributed by atoms with Gasteiger partial charge in [-0.05, 0) is 43.5 Å². The van der Waals surface area contributed by atoms with Gasteiger partial charge in [-0.15, -0.1) is 24.8 Å². The molecule has 6 nitrogen and oxygen atoms in total. The molecule has 1 saturated heterocycles. The van der Waals surface area contributed by atoms with E-state index in [0.717, 1.165) is 25.7 Å². The van der Waals surface area contributed by atoms with Crippen molar-refractivity contribution in [3.63, 3.8) is 0 Å². The van der Waals surface area contributed by atoms with Crippen LogP contribution < -0.4 is 11.1 Å². The molecule has 2 unspecified atom stereocenters. The van der Waals surface area contributed by atoms with Gasteiger partial charge in [-0.3, -0.25) is 14.5 Å². The molecule has 1 saturated carbocycles. The minimum atomic E-state index is -0.331. The summed E-state index contributed by atoms with van der Waals surface area (Å²) in [6.07, 6.45) is 3.77. The number of hydrogen-bond donors (Lipinski definition) is 2. The van der Waals surface area contributed by atoms with Crippen molar-refractivity contribution in [2.24, 2.45) is 11.7 Å². The van der Waals surface area contributed by atoms with Crippen LogP contribution in [0.25, 0.3) is 0 Å². The Bertz CT molecular complexity index is 639. The zero-order chi connectivity index (χ0) is 18.5. The van der Waals surface area contributed by atoms with E-state index in [1.165, 1.54) is 12.1 Å². The van der Waals surface area contributed by atoms with E-state index in [0.29, 0.717) is 31.9 Å². The number of nitrogens with zero attached hydrogens (tertiary/aromatic N) is 2. The van der Waals surface area contributed by atoms with Gasteiger partial charge in [0.1, 0.15) is 5.82 Å². The lowest BCUT2D eigenvalue weighted by Gasteiger charge is -2.37. The number of carbonyl (C=O) groups excluding carboxylic acids is 2. The highest BCUT2D eigenvalue weighted by Gasteiger charge is 2.30. The molecule has 9 heteroatoms. The highest BCUT2D eigenvalue weighted by atomic mass is 35.5. The Balaban J connectivity index is 0.00000196. The zero-order valence-corrected chi connectivity index (χ0v) is 17.4. The van der Waals surface area contributed by atoms with Gasteiger partial charge in [0.05, 0.1) is 6.54 Å². The summed E-state index contributed by atoms with van der Waals surface area (Å²) in [4.78, 5) is 28.7. The molecule has 2 amide bonds. The topological polar surface area (TPSA) is 78.7 Å². The van der Waals surface area contributed by atoms with Gasteiger partial charge in [-0.1, -0.05) is 6.42 Å². The number of hydrogen-bond acceptors (Lipinski definition) is 4. The van der Waals surface area contributed by atoms with Gasteiger partial charge in [-0.25, -0.2) is 4.39 Å². The molecule has 0 aromatic heterocycles. The van der Waals surface area contributed by atoms with E-state index < -0.39 is 0 Å². The molecule has 158 valence electrons. The first kappa shape index (κ1) is 24.6. The molecular weight excluding hydrogens is 406 g/mol. The van der Waals surface area contributed by atoms with E-state index in [-0.39, 0.29) is 61.0 Å². The summed E-state index contributed by atoms with van der Waals surface area (Å²) in [6, 6.07) is 5.86. The molecule has 2 atom stereocenters. The molecule has 0 spiro atoms. The molecule has 1 aromatic rings. The minimum Gasteiger partial charge on any atom is -0.340 e.